The number of nitro groups is 1. The summed E-state index contributed by atoms with van der Waals surface area (Å²) in [7, 11) is 0. The summed E-state index contributed by atoms with van der Waals surface area (Å²) in [6, 6.07) is 16.8. The summed E-state index contributed by atoms with van der Waals surface area (Å²) in [6.45, 7) is -0.285. The topological polar surface area (TPSA) is 127 Å². The average molecular weight is 412 g/mol. The van der Waals surface area contributed by atoms with Gasteiger partial charge in [0.2, 0.25) is 5.78 Å². The van der Waals surface area contributed by atoms with Crippen LogP contribution in [0.15, 0.2) is 60.7 Å². The molecule has 3 aromatic carbocycles. The standard InChI is InChI=1S/C23H12N2O6/c24-11-13-5-1-2-6-14(13)12-31-23(28)18-10-9-17-19(20(18)25(29)30)22(27)16-8-4-3-7-15(16)21(17)26/h1-10H,12H2. The van der Waals surface area contributed by atoms with Crippen LogP contribution < -0.4 is 0 Å². The first-order valence-electron chi connectivity index (χ1n) is 9.09. The number of benzene rings is 3. The van der Waals surface area contributed by atoms with Crippen molar-refractivity contribution in [2.45, 2.75) is 6.61 Å². The zero-order chi connectivity index (χ0) is 22.1. The Balaban J connectivity index is 1.76. The fourth-order valence-electron chi connectivity index (χ4n) is 3.50. The molecule has 0 radical (unpaired) electrons. The molecule has 0 fully saturated rings. The molecule has 4 rings (SSSR count). The molecule has 3 aromatic rings. The molecule has 0 heterocycles. The summed E-state index contributed by atoms with van der Waals surface area (Å²) in [6.07, 6.45) is 0. The minimum Gasteiger partial charge on any atom is -0.457 e. The average Bonchev–Trinajstić information content (AvgIpc) is 2.80. The number of ketones is 2. The molecule has 0 saturated heterocycles. The molecule has 0 atom stereocenters. The largest absolute Gasteiger partial charge is 0.457 e. The van der Waals surface area contributed by atoms with E-state index in [2.05, 4.69) is 0 Å². The van der Waals surface area contributed by atoms with E-state index in [1.807, 2.05) is 6.07 Å². The number of hydrogen-bond acceptors (Lipinski definition) is 7. The van der Waals surface area contributed by atoms with Crippen molar-refractivity contribution in [2.24, 2.45) is 0 Å². The number of hydrogen-bond donors (Lipinski definition) is 0. The van der Waals surface area contributed by atoms with E-state index in [1.54, 1.807) is 36.4 Å². The van der Waals surface area contributed by atoms with Gasteiger partial charge in [0.1, 0.15) is 17.7 Å². The molecule has 0 aliphatic heterocycles. The molecule has 0 amide bonds. The van der Waals surface area contributed by atoms with E-state index in [4.69, 9.17) is 10.00 Å². The number of ether oxygens (including phenoxy) is 1. The van der Waals surface area contributed by atoms with Gasteiger partial charge in [0.05, 0.1) is 16.6 Å². The second-order valence-electron chi connectivity index (χ2n) is 6.69. The molecule has 1 aliphatic rings. The Morgan fingerprint density at radius 2 is 1.58 bits per heavy atom. The van der Waals surface area contributed by atoms with Crippen LogP contribution in [0.25, 0.3) is 0 Å². The van der Waals surface area contributed by atoms with Gasteiger partial charge in [-0.3, -0.25) is 19.7 Å². The molecule has 0 bridgehead atoms. The number of nitriles is 1. The van der Waals surface area contributed by atoms with Crippen LogP contribution in [-0.2, 0) is 11.3 Å². The Kier molecular flexibility index (Phi) is 4.85. The van der Waals surface area contributed by atoms with E-state index in [0.29, 0.717) is 11.1 Å². The van der Waals surface area contributed by atoms with Gasteiger partial charge in [0.15, 0.2) is 5.78 Å². The van der Waals surface area contributed by atoms with Crippen molar-refractivity contribution in [1.82, 2.24) is 0 Å². The van der Waals surface area contributed by atoms with E-state index in [1.165, 1.54) is 18.2 Å². The van der Waals surface area contributed by atoms with Gasteiger partial charge in [0, 0.05) is 22.3 Å². The van der Waals surface area contributed by atoms with Gasteiger partial charge in [-0.25, -0.2) is 4.79 Å². The molecule has 8 heteroatoms. The third-order valence-electron chi connectivity index (χ3n) is 4.97. The van der Waals surface area contributed by atoms with E-state index in [0.717, 1.165) is 6.07 Å². The zero-order valence-electron chi connectivity index (χ0n) is 15.8. The molecule has 150 valence electrons. The van der Waals surface area contributed by atoms with Gasteiger partial charge >= 0.3 is 5.97 Å². The van der Waals surface area contributed by atoms with Crippen molar-refractivity contribution in [3.05, 3.63) is 110 Å². The molecule has 31 heavy (non-hydrogen) atoms. The highest BCUT2D eigenvalue weighted by Gasteiger charge is 2.38. The van der Waals surface area contributed by atoms with Gasteiger partial charge in [-0.05, 0) is 18.2 Å². The number of nitrogens with zero attached hydrogens (tertiary/aromatic N) is 2. The van der Waals surface area contributed by atoms with Gasteiger partial charge < -0.3 is 4.74 Å². The van der Waals surface area contributed by atoms with Crippen LogP contribution in [0.2, 0.25) is 0 Å². The molecule has 0 spiro atoms. The second-order valence-corrected chi connectivity index (χ2v) is 6.69. The Morgan fingerprint density at radius 3 is 2.26 bits per heavy atom. The lowest BCUT2D eigenvalue weighted by Gasteiger charge is -2.18. The van der Waals surface area contributed by atoms with Gasteiger partial charge in [-0.2, -0.15) is 5.26 Å². The van der Waals surface area contributed by atoms with Crippen molar-refractivity contribution in [1.29, 1.82) is 5.26 Å². The number of rotatable bonds is 4. The van der Waals surface area contributed by atoms with Gasteiger partial charge in [-0.15, -0.1) is 0 Å². The lowest BCUT2D eigenvalue weighted by Crippen LogP contribution is -2.23. The first kappa shape index (κ1) is 19.7. The smallest absolute Gasteiger partial charge is 0.345 e. The van der Waals surface area contributed by atoms with Crippen molar-refractivity contribution in [2.75, 3.05) is 0 Å². The van der Waals surface area contributed by atoms with E-state index < -0.39 is 39.3 Å². The molecule has 0 unspecified atom stereocenters. The third kappa shape index (κ3) is 3.24. The number of carbonyl (C=O) groups is 3. The highest BCUT2D eigenvalue weighted by atomic mass is 16.6. The molecule has 8 nitrogen and oxygen atoms in total. The summed E-state index contributed by atoms with van der Waals surface area (Å²) < 4.78 is 5.18. The molecule has 0 saturated carbocycles. The Bertz CT molecular complexity index is 1340. The summed E-state index contributed by atoms with van der Waals surface area (Å²) in [4.78, 5) is 49.4. The van der Waals surface area contributed by atoms with Crippen molar-refractivity contribution >= 4 is 23.2 Å². The first-order chi connectivity index (χ1) is 14.9. The number of esters is 1. The number of nitro benzene ring substituents is 1. The fourth-order valence-corrected chi connectivity index (χ4v) is 3.50. The van der Waals surface area contributed by atoms with E-state index in [-0.39, 0.29) is 23.3 Å². The molecular formula is C23H12N2O6. The minimum absolute atomic E-state index is 0.0385. The highest BCUT2D eigenvalue weighted by molar-refractivity contribution is 6.30. The second kappa shape index (κ2) is 7.65. The number of fused-ring (bicyclic) bond motifs is 2. The first-order valence-corrected chi connectivity index (χ1v) is 9.09. The van der Waals surface area contributed by atoms with Crippen LogP contribution in [0.4, 0.5) is 5.69 Å². The highest BCUT2D eigenvalue weighted by Crippen LogP contribution is 2.35. The van der Waals surface area contributed by atoms with Crippen molar-refractivity contribution < 1.29 is 24.0 Å². The predicted octanol–water partition coefficient (Wildman–Crippen LogP) is 3.60. The normalized spacial score (nSPS) is 11.8. The summed E-state index contributed by atoms with van der Waals surface area (Å²) in [5, 5.41) is 21.0. The van der Waals surface area contributed by atoms with Crippen LogP contribution in [0.3, 0.4) is 0 Å². The maximum absolute atomic E-state index is 13.0. The predicted molar refractivity (Wildman–Crippen MR) is 107 cm³/mol. The zero-order valence-corrected chi connectivity index (χ0v) is 15.8. The molecule has 0 N–H and O–H groups in total. The van der Waals surface area contributed by atoms with Gasteiger partial charge in [-0.1, -0.05) is 42.5 Å². The van der Waals surface area contributed by atoms with Crippen LogP contribution in [0.1, 0.15) is 53.3 Å². The van der Waals surface area contributed by atoms with Gasteiger partial charge in [0.25, 0.3) is 5.69 Å². The van der Waals surface area contributed by atoms with Crippen LogP contribution in [0.5, 0.6) is 0 Å². The maximum Gasteiger partial charge on any atom is 0.345 e. The summed E-state index contributed by atoms with van der Waals surface area (Å²) in [5.74, 6) is -2.28. The monoisotopic (exact) mass is 412 g/mol. The lowest BCUT2D eigenvalue weighted by atomic mass is 9.82. The maximum atomic E-state index is 13.0. The van der Waals surface area contributed by atoms with Crippen LogP contribution in [-0.4, -0.2) is 22.5 Å². The molecular weight excluding hydrogens is 400 g/mol. The van der Waals surface area contributed by atoms with E-state index in [9.17, 15) is 24.5 Å². The summed E-state index contributed by atoms with van der Waals surface area (Å²) >= 11 is 0. The SMILES string of the molecule is N#Cc1ccccc1COC(=O)c1ccc2c(c1[N+](=O)[O-])C(=O)c1ccccc1C2=O. The number of carbonyl (C=O) groups excluding carboxylic acids is 3. The Labute approximate surface area is 175 Å². The van der Waals surface area contributed by atoms with Crippen LogP contribution >= 0.6 is 0 Å². The van der Waals surface area contributed by atoms with E-state index >= 15 is 0 Å². The minimum atomic E-state index is -1.04. The van der Waals surface area contributed by atoms with Crippen molar-refractivity contribution in [3.63, 3.8) is 0 Å². The fraction of sp³-hybridized carbons (Fsp3) is 0.0435. The quantitative estimate of drug-likeness (QED) is 0.285. The third-order valence-corrected chi connectivity index (χ3v) is 4.97. The van der Waals surface area contributed by atoms with Crippen LogP contribution in [0, 0.1) is 21.4 Å². The van der Waals surface area contributed by atoms with Crippen molar-refractivity contribution in [3.8, 4) is 6.07 Å². The Morgan fingerprint density at radius 1 is 0.935 bits per heavy atom. The molecule has 0 aromatic heterocycles. The lowest BCUT2D eigenvalue weighted by molar-refractivity contribution is -0.385. The summed E-state index contributed by atoms with van der Waals surface area (Å²) in [5.41, 5.74) is -0.869. The Hall–Kier alpha value is -4.64. The molecule has 1 aliphatic carbocycles.